The fraction of sp³-hybridized carbons (Fsp3) is 0.857. The molecular weight excluding hydrogens is 244 g/mol. The van der Waals surface area contributed by atoms with Gasteiger partial charge >= 0.3 is 0 Å². The average molecular weight is 268 g/mol. The van der Waals surface area contributed by atoms with E-state index in [1.54, 1.807) is 11.8 Å². The van der Waals surface area contributed by atoms with Gasteiger partial charge in [0, 0.05) is 6.61 Å². The first kappa shape index (κ1) is 14.3. The summed E-state index contributed by atoms with van der Waals surface area (Å²) in [5, 5.41) is 2.83. The van der Waals surface area contributed by atoms with Crippen LogP contribution in [0.5, 0.6) is 0 Å². The highest BCUT2D eigenvalue weighted by Crippen LogP contribution is 2.35. The van der Waals surface area contributed by atoms with Crippen molar-refractivity contribution in [1.82, 2.24) is 10.2 Å². The topological polar surface area (TPSA) is 58.6 Å². The first-order valence-electron chi connectivity index (χ1n) is 7.04. The van der Waals surface area contributed by atoms with Crippen LogP contribution in [0.25, 0.3) is 0 Å². The first-order chi connectivity index (χ1) is 8.79. The number of carbonyl (C=O) groups is 2. The lowest BCUT2D eigenvalue weighted by Crippen LogP contribution is -2.70. The summed E-state index contributed by atoms with van der Waals surface area (Å²) in [5.41, 5.74) is -0.387. The molecule has 108 valence electrons. The molecule has 2 amide bonds. The quantitative estimate of drug-likeness (QED) is 0.810. The number of nitrogens with zero attached hydrogens (tertiary/aromatic N) is 1. The molecule has 2 fully saturated rings. The number of ether oxygens (including phenoxy) is 1. The molecule has 1 N–H and O–H groups in total. The van der Waals surface area contributed by atoms with Gasteiger partial charge in [0.25, 0.3) is 0 Å². The van der Waals surface area contributed by atoms with Crippen LogP contribution in [-0.4, -0.2) is 47.0 Å². The summed E-state index contributed by atoms with van der Waals surface area (Å²) in [5.74, 6) is 0.0354. The molecular formula is C14H24N2O3. The molecule has 5 heteroatoms. The molecule has 2 rings (SSSR count). The highest BCUT2D eigenvalue weighted by atomic mass is 16.5. The number of rotatable bonds is 2. The molecule has 4 unspecified atom stereocenters. The zero-order chi connectivity index (χ0) is 14.4. The van der Waals surface area contributed by atoms with Gasteiger partial charge in [-0.1, -0.05) is 13.8 Å². The van der Waals surface area contributed by atoms with Gasteiger partial charge in [-0.3, -0.25) is 9.59 Å². The fourth-order valence-electron chi connectivity index (χ4n) is 3.08. The monoisotopic (exact) mass is 268 g/mol. The summed E-state index contributed by atoms with van der Waals surface area (Å²) in [7, 11) is 0. The number of amides is 2. The van der Waals surface area contributed by atoms with E-state index in [2.05, 4.69) is 5.32 Å². The van der Waals surface area contributed by atoms with Gasteiger partial charge in [-0.15, -0.1) is 0 Å². The van der Waals surface area contributed by atoms with Crippen LogP contribution < -0.4 is 5.32 Å². The second kappa shape index (κ2) is 4.78. The minimum Gasteiger partial charge on any atom is -0.376 e. The van der Waals surface area contributed by atoms with E-state index in [4.69, 9.17) is 4.74 Å². The minimum atomic E-state index is -0.434. The summed E-state index contributed by atoms with van der Waals surface area (Å²) >= 11 is 0. The Kier molecular flexibility index (Phi) is 3.60. The van der Waals surface area contributed by atoms with Gasteiger partial charge in [0.05, 0.1) is 11.6 Å². The van der Waals surface area contributed by atoms with E-state index in [1.165, 1.54) is 0 Å². The molecule has 0 aromatic carbocycles. The van der Waals surface area contributed by atoms with E-state index in [1.807, 2.05) is 27.7 Å². The number of hydrogen-bond acceptors (Lipinski definition) is 3. The van der Waals surface area contributed by atoms with Gasteiger partial charge < -0.3 is 15.0 Å². The SMILES string of the molecule is CC(C)C1NC(=O)C(C)N(C2(C)CCOC2C)C1=O. The van der Waals surface area contributed by atoms with Crippen LogP contribution in [0.3, 0.4) is 0 Å². The van der Waals surface area contributed by atoms with E-state index >= 15 is 0 Å². The normalized spacial score (nSPS) is 39.9. The molecule has 0 aromatic rings. The molecule has 0 aliphatic carbocycles. The van der Waals surface area contributed by atoms with Crippen molar-refractivity contribution in [3.8, 4) is 0 Å². The standard InChI is InChI=1S/C14H24N2O3/c1-8(2)11-13(18)16(9(3)12(17)15-11)14(5)6-7-19-10(14)4/h8-11H,6-7H2,1-5H3,(H,15,17). The summed E-state index contributed by atoms with van der Waals surface area (Å²) in [6.45, 7) is 10.3. The first-order valence-corrected chi connectivity index (χ1v) is 7.04. The van der Waals surface area contributed by atoms with Gasteiger partial charge in [-0.2, -0.15) is 0 Å². The Hall–Kier alpha value is -1.10. The maximum Gasteiger partial charge on any atom is 0.246 e. The molecule has 0 bridgehead atoms. The third-order valence-electron chi connectivity index (χ3n) is 4.64. The lowest BCUT2D eigenvalue weighted by molar-refractivity contribution is -0.159. The molecule has 2 saturated heterocycles. The van der Waals surface area contributed by atoms with Gasteiger partial charge in [0.15, 0.2) is 0 Å². The second-order valence-corrected chi connectivity index (χ2v) is 6.23. The van der Waals surface area contributed by atoms with E-state index in [0.29, 0.717) is 6.61 Å². The summed E-state index contributed by atoms with van der Waals surface area (Å²) in [6, 6.07) is -0.857. The third kappa shape index (κ3) is 2.14. The minimum absolute atomic E-state index is 0.0157. The second-order valence-electron chi connectivity index (χ2n) is 6.23. The number of nitrogens with one attached hydrogen (secondary N) is 1. The Balaban J connectivity index is 2.35. The summed E-state index contributed by atoms with van der Waals surface area (Å²) < 4.78 is 5.62. The summed E-state index contributed by atoms with van der Waals surface area (Å²) in [6.07, 6.45) is 0.736. The van der Waals surface area contributed by atoms with Crippen molar-refractivity contribution in [2.24, 2.45) is 5.92 Å². The maximum absolute atomic E-state index is 12.7. The Morgan fingerprint density at radius 3 is 2.47 bits per heavy atom. The van der Waals surface area contributed by atoms with Crippen molar-refractivity contribution in [2.75, 3.05) is 6.61 Å². The van der Waals surface area contributed by atoms with Crippen molar-refractivity contribution >= 4 is 11.8 Å². The van der Waals surface area contributed by atoms with E-state index in [9.17, 15) is 9.59 Å². The van der Waals surface area contributed by atoms with E-state index in [0.717, 1.165) is 6.42 Å². The van der Waals surface area contributed by atoms with Crippen molar-refractivity contribution < 1.29 is 14.3 Å². The third-order valence-corrected chi connectivity index (χ3v) is 4.64. The van der Waals surface area contributed by atoms with Crippen LogP contribution in [0, 0.1) is 5.92 Å². The zero-order valence-corrected chi connectivity index (χ0v) is 12.4. The molecule has 2 aliphatic heterocycles. The fourth-order valence-corrected chi connectivity index (χ4v) is 3.08. The Bertz CT molecular complexity index is 396. The molecule has 0 aromatic heterocycles. The molecule has 0 spiro atoms. The van der Waals surface area contributed by atoms with Crippen molar-refractivity contribution in [3.63, 3.8) is 0 Å². The number of carbonyl (C=O) groups excluding carboxylic acids is 2. The van der Waals surface area contributed by atoms with Crippen LogP contribution in [0.15, 0.2) is 0 Å². The van der Waals surface area contributed by atoms with Gasteiger partial charge in [0.1, 0.15) is 12.1 Å². The number of hydrogen-bond donors (Lipinski definition) is 1. The van der Waals surface area contributed by atoms with Crippen LogP contribution in [0.2, 0.25) is 0 Å². The van der Waals surface area contributed by atoms with Gasteiger partial charge in [0.2, 0.25) is 11.8 Å². The van der Waals surface area contributed by atoms with Crippen molar-refractivity contribution in [2.45, 2.75) is 64.8 Å². The van der Waals surface area contributed by atoms with E-state index in [-0.39, 0.29) is 29.4 Å². The molecule has 0 saturated carbocycles. The molecule has 2 aliphatic rings. The lowest BCUT2D eigenvalue weighted by atomic mass is 9.87. The molecule has 19 heavy (non-hydrogen) atoms. The van der Waals surface area contributed by atoms with E-state index < -0.39 is 12.1 Å². The van der Waals surface area contributed by atoms with Crippen LogP contribution >= 0.6 is 0 Å². The highest BCUT2D eigenvalue weighted by molar-refractivity contribution is 5.97. The predicted octanol–water partition coefficient (Wildman–Crippen LogP) is 0.925. The largest absolute Gasteiger partial charge is 0.376 e. The van der Waals surface area contributed by atoms with Gasteiger partial charge in [-0.05, 0) is 33.1 Å². The highest BCUT2D eigenvalue weighted by Gasteiger charge is 2.52. The Morgan fingerprint density at radius 1 is 1.37 bits per heavy atom. The Morgan fingerprint density at radius 2 is 2.00 bits per heavy atom. The summed E-state index contributed by atoms with van der Waals surface area (Å²) in [4.78, 5) is 26.6. The lowest BCUT2D eigenvalue weighted by Gasteiger charge is -2.48. The average Bonchev–Trinajstić information content (AvgIpc) is 2.65. The molecule has 5 nitrogen and oxygen atoms in total. The number of piperazine rings is 1. The van der Waals surface area contributed by atoms with Crippen LogP contribution in [-0.2, 0) is 14.3 Å². The predicted molar refractivity (Wildman–Crippen MR) is 71.5 cm³/mol. The molecule has 2 heterocycles. The van der Waals surface area contributed by atoms with Crippen LogP contribution in [0.4, 0.5) is 0 Å². The van der Waals surface area contributed by atoms with Gasteiger partial charge in [-0.25, -0.2) is 0 Å². The van der Waals surface area contributed by atoms with Crippen molar-refractivity contribution in [1.29, 1.82) is 0 Å². The molecule has 4 atom stereocenters. The van der Waals surface area contributed by atoms with Crippen molar-refractivity contribution in [3.05, 3.63) is 0 Å². The smallest absolute Gasteiger partial charge is 0.246 e. The zero-order valence-electron chi connectivity index (χ0n) is 12.4. The Labute approximate surface area is 114 Å². The van der Waals surface area contributed by atoms with Crippen LogP contribution in [0.1, 0.15) is 41.0 Å². The maximum atomic E-state index is 12.7. The molecule has 0 radical (unpaired) electrons.